The van der Waals surface area contributed by atoms with Crippen LogP contribution < -0.4 is 19.5 Å². The standard InChI is InChI=1S/C22H21N3O7S/c1-30-16-5-4-14(11-26)7-15(16)12-32-17-6-3-13(8-18(17)31-2)10-23-25-22-24-21(29)19(33-22)9-20(27)28/h3-8,10-11,19H,9,12H2,1-2H3,(H,27,28)(H,24,25,29). The summed E-state index contributed by atoms with van der Waals surface area (Å²) in [4.78, 5) is 33.6. The van der Waals surface area contributed by atoms with Crippen LogP contribution in [0.2, 0.25) is 0 Å². The number of rotatable bonds is 10. The molecule has 0 saturated carbocycles. The van der Waals surface area contributed by atoms with Crippen LogP contribution in [0.3, 0.4) is 0 Å². The van der Waals surface area contributed by atoms with Crippen LogP contribution in [-0.4, -0.2) is 54.1 Å². The molecule has 11 heteroatoms. The molecule has 2 N–H and O–H groups in total. The molecule has 33 heavy (non-hydrogen) atoms. The lowest BCUT2D eigenvalue weighted by Gasteiger charge is -2.13. The second-order valence-corrected chi connectivity index (χ2v) is 7.92. The van der Waals surface area contributed by atoms with E-state index in [1.54, 1.807) is 43.5 Å². The molecule has 0 radical (unpaired) electrons. The van der Waals surface area contributed by atoms with E-state index in [0.29, 0.717) is 33.9 Å². The lowest BCUT2D eigenvalue weighted by molar-refractivity contribution is -0.138. The summed E-state index contributed by atoms with van der Waals surface area (Å²) in [6.07, 6.45) is 1.93. The number of hydrogen-bond donors (Lipinski definition) is 2. The maximum absolute atomic E-state index is 11.7. The Kier molecular flexibility index (Phi) is 8.03. The number of nitrogens with zero attached hydrogens (tertiary/aromatic N) is 2. The third kappa shape index (κ3) is 6.32. The molecule has 1 aliphatic rings. The largest absolute Gasteiger partial charge is 0.496 e. The van der Waals surface area contributed by atoms with Crippen molar-refractivity contribution in [1.82, 2.24) is 5.32 Å². The minimum absolute atomic E-state index is 0.163. The van der Waals surface area contributed by atoms with Crippen molar-refractivity contribution in [1.29, 1.82) is 0 Å². The van der Waals surface area contributed by atoms with Gasteiger partial charge in [-0.15, -0.1) is 5.10 Å². The number of aliphatic carboxylic acids is 1. The Morgan fingerprint density at radius 3 is 2.55 bits per heavy atom. The van der Waals surface area contributed by atoms with Gasteiger partial charge in [0.05, 0.1) is 26.9 Å². The van der Waals surface area contributed by atoms with Gasteiger partial charge in [-0.05, 0) is 42.0 Å². The predicted octanol–water partition coefficient (Wildman–Crippen LogP) is 2.49. The first-order chi connectivity index (χ1) is 15.9. The number of carboxylic acids is 1. The molecule has 1 fully saturated rings. The summed E-state index contributed by atoms with van der Waals surface area (Å²) < 4.78 is 16.6. The van der Waals surface area contributed by atoms with E-state index in [1.807, 2.05) is 0 Å². The average molecular weight is 471 g/mol. The highest BCUT2D eigenvalue weighted by Crippen LogP contribution is 2.30. The molecular formula is C22H21N3O7S. The highest BCUT2D eigenvalue weighted by Gasteiger charge is 2.32. The fourth-order valence-corrected chi connectivity index (χ4v) is 3.83. The number of aldehydes is 1. The minimum Gasteiger partial charge on any atom is -0.496 e. The quantitative estimate of drug-likeness (QED) is 0.306. The van der Waals surface area contributed by atoms with E-state index in [2.05, 4.69) is 15.5 Å². The summed E-state index contributed by atoms with van der Waals surface area (Å²) in [6, 6.07) is 10.2. The number of carbonyl (C=O) groups is 3. The Morgan fingerprint density at radius 2 is 1.85 bits per heavy atom. The van der Waals surface area contributed by atoms with E-state index in [4.69, 9.17) is 19.3 Å². The highest BCUT2D eigenvalue weighted by atomic mass is 32.2. The Morgan fingerprint density at radius 1 is 1.12 bits per heavy atom. The van der Waals surface area contributed by atoms with E-state index in [1.165, 1.54) is 13.3 Å². The van der Waals surface area contributed by atoms with Crippen molar-refractivity contribution >= 4 is 41.3 Å². The number of ether oxygens (including phenoxy) is 3. The van der Waals surface area contributed by atoms with E-state index >= 15 is 0 Å². The van der Waals surface area contributed by atoms with Crippen molar-refractivity contribution in [2.45, 2.75) is 18.3 Å². The fraction of sp³-hybridized carbons (Fsp3) is 0.227. The topological polar surface area (TPSA) is 136 Å². The molecule has 1 saturated heterocycles. The van der Waals surface area contributed by atoms with E-state index in [-0.39, 0.29) is 18.2 Å². The number of nitrogens with one attached hydrogen (secondary N) is 1. The summed E-state index contributed by atoms with van der Waals surface area (Å²) in [5, 5.41) is 18.7. The number of carbonyl (C=O) groups excluding carboxylic acids is 2. The van der Waals surface area contributed by atoms with Gasteiger partial charge in [0.1, 0.15) is 23.9 Å². The van der Waals surface area contributed by atoms with E-state index in [9.17, 15) is 14.4 Å². The number of amides is 1. The van der Waals surface area contributed by atoms with E-state index < -0.39 is 17.1 Å². The Balaban J connectivity index is 1.67. The summed E-state index contributed by atoms with van der Waals surface area (Å²) in [5.74, 6) is 0.0771. The van der Waals surface area contributed by atoms with Crippen LogP contribution in [0.25, 0.3) is 0 Å². The zero-order chi connectivity index (χ0) is 23.8. The third-order valence-corrected chi connectivity index (χ3v) is 5.58. The molecule has 10 nitrogen and oxygen atoms in total. The first kappa shape index (κ1) is 23.8. The maximum Gasteiger partial charge on any atom is 0.305 e. The first-order valence-corrected chi connectivity index (χ1v) is 10.5. The van der Waals surface area contributed by atoms with Crippen molar-refractivity contribution < 1.29 is 33.7 Å². The lowest BCUT2D eigenvalue weighted by atomic mass is 10.1. The lowest BCUT2D eigenvalue weighted by Crippen LogP contribution is -2.26. The smallest absolute Gasteiger partial charge is 0.305 e. The van der Waals surface area contributed by atoms with Gasteiger partial charge in [-0.1, -0.05) is 11.8 Å². The predicted molar refractivity (Wildman–Crippen MR) is 123 cm³/mol. The highest BCUT2D eigenvalue weighted by molar-refractivity contribution is 8.15. The van der Waals surface area contributed by atoms with Crippen LogP contribution in [0.1, 0.15) is 27.9 Å². The molecule has 2 aromatic carbocycles. The third-order valence-electron chi connectivity index (χ3n) is 4.50. The normalized spacial score (nSPS) is 16.6. The van der Waals surface area contributed by atoms with Gasteiger partial charge < -0.3 is 24.6 Å². The Bertz CT molecular complexity index is 1120. The Hall–Kier alpha value is -3.86. The molecule has 172 valence electrons. The van der Waals surface area contributed by atoms with Gasteiger partial charge in [0, 0.05) is 11.1 Å². The molecule has 1 unspecified atom stereocenters. The van der Waals surface area contributed by atoms with Crippen LogP contribution in [0.5, 0.6) is 17.2 Å². The van der Waals surface area contributed by atoms with Crippen LogP contribution in [0.4, 0.5) is 0 Å². The zero-order valence-electron chi connectivity index (χ0n) is 17.8. The summed E-state index contributed by atoms with van der Waals surface area (Å²) in [6.45, 7) is 0.163. The van der Waals surface area contributed by atoms with Gasteiger partial charge in [0.25, 0.3) is 0 Å². The number of hydrogen-bond acceptors (Lipinski definition) is 9. The fourth-order valence-electron chi connectivity index (χ4n) is 2.92. The monoisotopic (exact) mass is 471 g/mol. The number of benzene rings is 2. The molecule has 2 aromatic rings. The number of amidine groups is 1. The van der Waals surface area contributed by atoms with Crippen LogP contribution in [0.15, 0.2) is 46.6 Å². The van der Waals surface area contributed by atoms with Crippen molar-refractivity contribution in [2.75, 3.05) is 14.2 Å². The van der Waals surface area contributed by atoms with Crippen LogP contribution in [0, 0.1) is 0 Å². The zero-order valence-corrected chi connectivity index (χ0v) is 18.6. The molecule has 0 spiro atoms. The van der Waals surface area contributed by atoms with Gasteiger partial charge in [-0.3, -0.25) is 14.4 Å². The van der Waals surface area contributed by atoms with E-state index in [0.717, 1.165) is 18.0 Å². The van der Waals surface area contributed by atoms with Gasteiger partial charge in [-0.25, -0.2) is 0 Å². The second kappa shape index (κ2) is 11.1. The minimum atomic E-state index is -1.06. The number of carboxylic acid groups (broad SMARTS) is 1. The second-order valence-electron chi connectivity index (χ2n) is 6.73. The van der Waals surface area contributed by atoms with Gasteiger partial charge >= 0.3 is 5.97 Å². The van der Waals surface area contributed by atoms with Gasteiger partial charge in [-0.2, -0.15) is 5.10 Å². The van der Waals surface area contributed by atoms with Gasteiger partial charge in [0.15, 0.2) is 16.7 Å². The summed E-state index contributed by atoms with van der Waals surface area (Å²) in [5.41, 5.74) is 1.89. The molecule has 1 aliphatic heterocycles. The van der Waals surface area contributed by atoms with Crippen molar-refractivity contribution in [2.24, 2.45) is 10.2 Å². The average Bonchev–Trinajstić information content (AvgIpc) is 3.15. The summed E-state index contributed by atoms with van der Waals surface area (Å²) >= 11 is 1.02. The maximum atomic E-state index is 11.7. The number of thioether (sulfide) groups is 1. The van der Waals surface area contributed by atoms with Gasteiger partial charge in [0.2, 0.25) is 5.91 Å². The van der Waals surface area contributed by atoms with Crippen molar-refractivity contribution in [3.63, 3.8) is 0 Å². The van der Waals surface area contributed by atoms with Crippen molar-refractivity contribution in [3.05, 3.63) is 53.1 Å². The molecule has 0 aliphatic carbocycles. The van der Waals surface area contributed by atoms with Crippen LogP contribution in [-0.2, 0) is 16.2 Å². The Labute approximate surface area is 193 Å². The summed E-state index contributed by atoms with van der Waals surface area (Å²) in [7, 11) is 3.05. The molecule has 3 rings (SSSR count). The molecule has 0 bridgehead atoms. The molecular weight excluding hydrogens is 450 g/mol. The SMILES string of the molecule is COc1ccc(C=O)cc1COc1ccc(C=NN=C2NC(=O)C(CC(=O)O)S2)cc1OC. The molecule has 1 atom stereocenters. The number of methoxy groups -OCH3 is 2. The van der Waals surface area contributed by atoms with Crippen LogP contribution >= 0.6 is 11.8 Å². The molecule has 1 heterocycles. The molecule has 0 aromatic heterocycles. The molecule has 1 amide bonds. The first-order valence-electron chi connectivity index (χ1n) is 9.66. The van der Waals surface area contributed by atoms with Crippen molar-refractivity contribution in [3.8, 4) is 17.2 Å².